The van der Waals surface area contributed by atoms with Crippen molar-refractivity contribution in [3.8, 4) is 0 Å². The normalized spacial score (nSPS) is 25.3. The summed E-state index contributed by atoms with van der Waals surface area (Å²) in [7, 11) is 0. The Balaban J connectivity index is 1.29. The fourth-order valence-corrected chi connectivity index (χ4v) is 4.11. The minimum Gasteiger partial charge on any atom is -0.445 e. The highest BCUT2D eigenvalue weighted by atomic mass is 32.2. The molecule has 1 aromatic carbocycles. The number of nitrogens with one attached hydrogen (secondary N) is 2. The van der Waals surface area contributed by atoms with E-state index in [0.29, 0.717) is 18.7 Å². The number of carbonyl (C=O) groups is 1. The van der Waals surface area contributed by atoms with Gasteiger partial charge in [-0.3, -0.25) is 0 Å². The van der Waals surface area contributed by atoms with Gasteiger partial charge < -0.3 is 15.4 Å². The molecule has 1 aromatic rings. The zero-order valence-electron chi connectivity index (χ0n) is 12.8. The van der Waals surface area contributed by atoms with Gasteiger partial charge in [-0.1, -0.05) is 30.3 Å². The number of alkyl carbamates (subject to hydrolysis) is 1. The molecule has 22 heavy (non-hydrogen) atoms. The van der Waals surface area contributed by atoms with E-state index in [1.807, 2.05) is 30.3 Å². The Morgan fingerprint density at radius 1 is 1.09 bits per heavy atom. The Bertz CT molecular complexity index is 471. The van der Waals surface area contributed by atoms with E-state index < -0.39 is 0 Å². The Morgan fingerprint density at radius 2 is 1.82 bits per heavy atom. The topological polar surface area (TPSA) is 50.4 Å². The Labute approximate surface area is 136 Å². The van der Waals surface area contributed by atoms with Gasteiger partial charge in [-0.25, -0.2) is 4.79 Å². The van der Waals surface area contributed by atoms with Crippen molar-refractivity contribution in [2.75, 3.05) is 11.5 Å². The van der Waals surface area contributed by atoms with Gasteiger partial charge >= 0.3 is 6.09 Å². The minimum absolute atomic E-state index is 0.263. The molecule has 2 aliphatic rings. The minimum atomic E-state index is -0.304. The van der Waals surface area contributed by atoms with Crippen LogP contribution in [-0.4, -0.2) is 35.7 Å². The molecule has 1 saturated heterocycles. The van der Waals surface area contributed by atoms with Crippen molar-refractivity contribution in [3.05, 3.63) is 35.9 Å². The molecule has 1 heterocycles. The molecule has 1 saturated carbocycles. The molecule has 1 amide bonds. The third kappa shape index (κ3) is 4.65. The second-order valence-electron chi connectivity index (χ2n) is 6.12. The van der Waals surface area contributed by atoms with Crippen molar-refractivity contribution in [3.63, 3.8) is 0 Å². The predicted molar refractivity (Wildman–Crippen MR) is 90.1 cm³/mol. The van der Waals surface area contributed by atoms with Gasteiger partial charge in [-0.2, -0.15) is 11.8 Å². The highest BCUT2D eigenvalue weighted by Crippen LogP contribution is 2.24. The van der Waals surface area contributed by atoms with Crippen LogP contribution >= 0.6 is 11.8 Å². The number of thioether (sulfide) groups is 1. The molecular formula is C17H24N2O2S. The Hall–Kier alpha value is -1.20. The van der Waals surface area contributed by atoms with E-state index in [0.717, 1.165) is 18.4 Å². The van der Waals surface area contributed by atoms with Crippen LogP contribution in [0.1, 0.15) is 31.2 Å². The summed E-state index contributed by atoms with van der Waals surface area (Å²) in [5.74, 6) is 2.55. The van der Waals surface area contributed by atoms with Crippen LogP contribution in [0.5, 0.6) is 0 Å². The summed E-state index contributed by atoms with van der Waals surface area (Å²) in [4.78, 5) is 11.8. The molecule has 0 unspecified atom stereocenters. The van der Waals surface area contributed by atoms with Crippen molar-refractivity contribution >= 4 is 17.9 Å². The molecule has 0 radical (unpaired) electrons. The maximum absolute atomic E-state index is 11.8. The van der Waals surface area contributed by atoms with Crippen LogP contribution in [0.25, 0.3) is 0 Å². The summed E-state index contributed by atoms with van der Waals surface area (Å²) in [6, 6.07) is 11.3. The SMILES string of the molecule is O=C(NC1CC(NC2CCSCC2)C1)OCc1ccccc1. The average molecular weight is 320 g/mol. The number of carbonyl (C=O) groups excluding carboxylic acids is 1. The predicted octanol–water partition coefficient (Wildman–Crippen LogP) is 2.93. The first-order valence-corrected chi connectivity index (χ1v) is 9.26. The summed E-state index contributed by atoms with van der Waals surface area (Å²) in [5.41, 5.74) is 1.01. The Kier molecular flexibility index (Phi) is 5.62. The number of ether oxygens (including phenoxy) is 1. The second-order valence-corrected chi connectivity index (χ2v) is 7.35. The van der Waals surface area contributed by atoms with E-state index in [1.165, 1.54) is 24.3 Å². The van der Waals surface area contributed by atoms with Gasteiger partial charge in [-0.05, 0) is 42.8 Å². The zero-order valence-corrected chi connectivity index (χ0v) is 13.6. The maximum Gasteiger partial charge on any atom is 0.407 e. The van der Waals surface area contributed by atoms with Crippen molar-refractivity contribution in [1.82, 2.24) is 10.6 Å². The maximum atomic E-state index is 11.8. The van der Waals surface area contributed by atoms with E-state index in [-0.39, 0.29) is 12.1 Å². The summed E-state index contributed by atoms with van der Waals surface area (Å²) < 4.78 is 5.25. The number of rotatable bonds is 5. The van der Waals surface area contributed by atoms with Gasteiger partial charge in [0.25, 0.3) is 0 Å². The molecule has 0 spiro atoms. The molecule has 1 aliphatic carbocycles. The fraction of sp³-hybridized carbons (Fsp3) is 0.588. The molecule has 4 nitrogen and oxygen atoms in total. The quantitative estimate of drug-likeness (QED) is 0.876. The number of benzene rings is 1. The van der Waals surface area contributed by atoms with Gasteiger partial charge in [0.05, 0.1) is 0 Å². The van der Waals surface area contributed by atoms with Gasteiger partial charge in [-0.15, -0.1) is 0 Å². The lowest BCUT2D eigenvalue weighted by Gasteiger charge is -2.39. The smallest absolute Gasteiger partial charge is 0.407 e. The van der Waals surface area contributed by atoms with Crippen molar-refractivity contribution in [2.24, 2.45) is 0 Å². The molecule has 0 bridgehead atoms. The van der Waals surface area contributed by atoms with E-state index in [2.05, 4.69) is 22.4 Å². The lowest BCUT2D eigenvalue weighted by atomic mass is 9.86. The second kappa shape index (κ2) is 7.88. The summed E-state index contributed by atoms with van der Waals surface area (Å²) in [6.07, 6.45) is 4.28. The van der Waals surface area contributed by atoms with Crippen LogP contribution < -0.4 is 10.6 Å². The lowest BCUT2D eigenvalue weighted by Crippen LogP contribution is -2.55. The van der Waals surface area contributed by atoms with Crippen molar-refractivity contribution in [1.29, 1.82) is 0 Å². The van der Waals surface area contributed by atoms with Crippen LogP contribution in [0.15, 0.2) is 30.3 Å². The van der Waals surface area contributed by atoms with Crippen molar-refractivity contribution in [2.45, 2.75) is 50.4 Å². The third-order valence-electron chi connectivity index (χ3n) is 4.37. The zero-order chi connectivity index (χ0) is 15.2. The van der Waals surface area contributed by atoms with Crippen molar-refractivity contribution < 1.29 is 9.53 Å². The summed E-state index contributed by atoms with van der Waals surface area (Å²) >= 11 is 2.05. The van der Waals surface area contributed by atoms with Gasteiger partial charge in [0, 0.05) is 18.1 Å². The largest absolute Gasteiger partial charge is 0.445 e. The molecule has 120 valence electrons. The standard InChI is InChI=1S/C17H24N2O2S/c20-17(21-12-13-4-2-1-3-5-13)19-16-10-15(11-16)18-14-6-8-22-9-7-14/h1-5,14-16,18H,6-12H2,(H,19,20). The summed E-state index contributed by atoms with van der Waals surface area (Å²) in [6.45, 7) is 0.334. The van der Waals surface area contributed by atoms with Crippen LogP contribution in [0.3, 0.4) is 0 Å². The highest BCUT2D eigenvalue weighted by molar-refractivity contribution is 7.99. The molecule has 5 heteroatoms. The van der Waals surface area contributed by atoms with Crippen LogP contribution in [0.2, 0.25) is 0 Å². The van der Waals surface area contributed by atoms with Gasteiger partial charge in [0.15, 0.2) is 0 Å². The molecule has 1 aliphatic heterocycles. The molecule has 3 rings (SSSR count). The first-order chi connectivity index (χ1) is 10.8. The van der Waals surface area contributed by atoms with E-state index in [9.17, 15) is 4.79 Å². The molecule has 2 fully saturated rings. The number of amides is 1. The first kappa shape index (κ1) is 15.7. The lowest BCUT2D eigenvalue weighted by molar-refractivity contribution is 0.124. The molecule has 2 N–H and O–H groups in total. The summed E-state index contributed by atoms with van der Waals surface area (Å²) in [5, 5.41) is 6.66. The first-order valence-electron chi connectivity index (χ1n) is 8.10. The van der Waals surface area contributed by atoms with Crippen LogP contribution in [-0.2, 0) is 11.3 Å². The Morgan fingerprint density at radius 3 is 2.55 bits per heavy atom. The number of hydrogen-bond donors (Lipinski definition) is 2. The van der Waals surface area contributed by atoms with E-state index in [1.54, 1.807) is 0 Å². The van der Waals surface area contributed by atoms with E-state index >= 15 is 0 Å². The van der Waals surface area contributed by atoms with Crippen LogP contribution in [0.4, 0.5) is 4.79 Å². The average Bonchev–Trinajstić information content (AvgIpc) is 2.53. The fourth-order valence-electron chi connectivity index (χ4n) is 3.00. The van der Waals surface area contributed by atoms with Crippen LogP contribution in [0, 0.1) is 0 Å². The molecular weight excluding hydrogens is 296 g/mol. The molecule has 0 aromatic heterocycles. The van der Waals surface area contributed by atoms with Gasteiger partial charge in [0.2, 0.25) is 0 Å². The highest BCUT2D eigenvalue weighted by Gasteiger charge is 2.32. The van der Waals surface area contributed by atoms with Gasteiger partial charge in [0.1, 0.15) is 6.61 Å². The van der Waals surface area contributed by atoms with E-state index in [4.69, 9.17) is 4.74 Å². The molecule has 0 atom stereocenters. The monoisotopic (exact) mass is 320 g/mol. The number of hydrogen-bond acceptors (Lipinski definition) is 4. The third-order valence-corrected chi connectivity index (χ3v) is 5.41.